The molecule has 0 N–H and O–H groups in total. The van der Waals surface area contributed by atoms with Gasteiger partial charge in [0.05, 0.1) is 29.0 Å². The normalized spacial score (nSPS) is 13.7. The lowest BCUT2D eigenvalue weighted by atomic mass is 10.2. The van der Waals surface area contributed by atoms with Gasteiger partial charge >= 0.3 is 0 Å². The topological polar surface area (TPSA) is 47.4 Å². The van der Waals surface area contributed by atoms with Crippen LogP contribution < -0.4 is 4.74 Å². The predicted octanol–water partition coefficient (Wildman–Crippen LogP) is 4.21. The van der Waals surface area contributed by atoms with Crippen molar-refractivity contribution in [2.45, 2.75) is 6.54 Å². The van der Waals surface area contributed by atoms with Gasteiger partial charge in [0.2, 0.25) is 0 Å². The Morgan fingerprint density at radius 2 is 2.00 bits per heavy atom. The largest absolute Gasteiger partial charge is 0.491 e. The van der Waals surface area contributed by atoms with Crippen LogP contribution in [0.2, 0.25) is 10.0 Å². The number of fused-ring (bicyclic) bond motifs is 1. The zero-order chi connectivity index (χ0) is 18.1. The number of carbonyl (C=O) groups is 1. The Morgan fingerprint density at radius 1 is 1.15 bits per heavy atom. The van der Waals surface area contributed by atoms with Crippen molar-refractivity contribution in [2.75, 3.05) is 13.2 Å². The Labute approximate surface area is 160 Å². The molecule has 1 aliphatic heterocycles. The molecule has 0 spiro atoms. The second-order valence-electron chi connectivity index (χ2n) is 5.95. The smallest absolute Gasteiger partial charge is 0.257 e. The molecule has 5 nitrogen and oxygen atoms in total. The lowest BCUT2D eigenvalue weighted by Crippen LogP contribution is -2.32. The van der Waals surface area contributed by atoms with Gasteiger partial charge in [-0.15, -0.1) is 0 Å². The second-order valence-corrected chi connectivity index (χ2v) is 6.80. The summed E-state index contributed by atoms with van der Waals surface area (Å²) in [5, 5.41) is 5.29. The molecule has 1 amide bonds. The fraction of sp³-hybridized carbons (Fsp3) is 0.158. The van der Waals surface area contributed by atoms with Gasteiger partial charge in [0.15, 0.2) is 0 Å². The molecule has 0 fully saturated rings. The maximum absolute atomic E-state index is 12.9. The predicted molar refractivity (Wildman–Crippen MR) is 100 cm³/mol. The number of hydrogen-bond donors (Lipinski definition) is 0. The highest BCUT2D eigenvalue weighted by atomic mass is 35.5. The lowest BCUT2D eigenvalue weighted by molar-refractivity contribution is 0.0733. The summed E-state index contributed by atoms with van der Waals surface area (Å²) in [6.07, 6.45) is 3.22. The molecule has 0 bridgehead atoms. The molecule has 0 saturated carbocycles. The molecule has 0 aliphatic carbocycles. The van der Waals surface area contributed by atoms with Crippen LogP contribution in [0.3, 0.4) is 0 Å². The maximum atomic E-state index is 12.9. The standard InChI is InChI=1S/C19H15Cl2N3O2/c20-15-5-6-17(16(21)9-15)24-12-14(10-22-24)19(25)23-7-8-26-18-4-2-1-3-13(18)11-23/h1-6,9-10,12H,7-8,11H2. The zero-order valence-corrected chi connectivity index (χ0v) is 15.2. The Kier molecular flexibility index (Phi) is 4.57. The van der Waals surface area contributed by atoms with E-state index >= 15 is 0 Å². The van der Waals surface area contributed by atoms with Crippen LogP contribution in [0, 0.1) is 0 Å². The summed E-state index contributed by atoms with van der Waals surface area (Å²) < 4.78 is 7.30. The average Bonchev–Trinajstić information content (AvgIpc) is 3.01. The number of hydrogen-bond acceptors (Lipinski definition) is 3. The average molecular weight is 388 g/mol. The first kappa shape index (κ1) is 16.9. The summed E-state index contributed by atoms with van der Waals surface area (Å²) in [6, 6.07) is 12.9. The van der Waals surface area contributed by atoms with Gasteiger partial charge in [0, 0.05) is 23.3 Å². The molecule has 4 rings (SSSR count). The number of benzene rings is 2. The van der Waals surface area contributed by atoms with E-state index in [1.807, 2.05) is 24.3 Å². The maximum Gasteiger partial charge on any atom is 0.257 e. The van der Waals surface area contributed by atoms with Crippen LogP contribution in [0.5, 0.6) is 5.75 Å². The van der Waals surface area contributed by atoms with E-state index in [1.54, 1.807) is 40.2 Å². The number of ether oxygens (including phenoxy) is 1. The van der Waals surface area contributed by atoms with Crippen molar-refractivity contribution >= 4 is 29.1 Å². The van der Waals surface area contributed by atoms with Crippen molar-refractivity contribution in [2.24, 2.45) is 0 Å². The van der Waals surface area contributed by atoms with E-state index in [-0.39, 0.29) is 5.91 Å². The summed E-state index contributed by atoms with van der Waals surface area (Å²) in [6.45, 7) is 1.47. The minimum absolute atomic E-state index is 0.0957. The molecular formula is C19H15Cl2N3O2. The van der Waals surface area contributed by atoms with E-state index in [1.165, 1.54) is 0 Å². The first-order valence-electron chi connectivity index (χ1n) is 8.12. The van der Waals surface area contributed by atoms with Gasteiger partial charge < -0.3 is 9.64 Å². The monoisotopic (exact) mass is 387 g/mol. The van der Waals surface area contributed by atoms with E-state index < -0.39 is 0 Å². The van der Waals surface area contributed by atoms with Gasteiger partial charge in [0.25, 0.3) is 5.91 Å². The van der Waals surface area contributed by atoms with Crippen LogP contribution in [-0.4, -0.2) is 33.7 Å². The first-order valence-corrected chi connectivity index (χ1v) is 8.87. The fourth-order valence-corrected chi connectivity index (χ4v) is 3.41. The molecule has 0 radical (unpaired) electrons. The molecule has 2 heterocycles. The Bertz CT molecular complexity index is 971. The molecule has 2 aromatic carbocycles. The zero-order valence-electron chi connectivity index (χ0n) is 13.7. The Morgan fingerprint density at radius 3 is 2.85 bits per heavy atom. The molecular weight excluding hydrogens is 373 g/mol. The Balaban J connectivity index is 1.58. The van der Waals surface area contributed by atoms with Gasteiger partial charge in [-0.2, -0.15) is 5.10 Å². The quantitative estimate of drug-likeness (QED) is 0.661. The van der Waals surface area contributed by atoms with Gasteiger partial charge in [0.1, 0.15) is 12.4 Å². The van der Waals surface area contributed by atoms with Crippen LogP contribution >= 0.6 is 23.2 Å². The summed E-state index contributed by atoms with van der Waals surface area (Å²) in [7, 11) is 0. The molecule has 0 atom stereocenters. The molecule has 7 heteroatoms. The van der Waals surface area contributed by atoms with Gasteiger partial charge in [-0.05, 0) is 24.3 Å². The van der Waals surface area contributed by atoms with Crippen LogP contribution in [0.25, 0.3) is 5.69 Å². The van der Waals surface area contributed by atoms with E-state index in [4.69, 9.17) is 27.9 Å². The minimum Gasteiger partial charge on any atom is -0.491 e. The summed E-state index contributed by atoms with van der Waals surface area (Å²) in [5.74, 6) is 0.730. The highest BCUT2D eigenvalue weighted by Crippen LogP contribution is 2.25. The number of halogens is 2. The number of para-hydroxylation sites is 1. The van der Waals surface area contributed by atoms with Crippen molar-refractivity contribution in [3.05, 3.63) is 76.0 Å². The number of nitrogens with zero attached hydrogens (tertiary/aromatic N) is 3. The highest BCUT2D eigenvalue weighted by Gasteiger charge is 2.22. The van der Waals surface area contributed by atoms with Crippen molar-refractivity contribution in [1.29, 1.82) is 0 Å². The van der Waals surface area contributed by atoms with E-state index in [9.17, 15) is 4.79 Å². The number of amides is 1. The van der Waals surface area contributed by atoms with Crippen molar-refractivity contribution < 1.29 is 9.53 Å². The van der Waals surface area contributed by atoms with Gasteiger partial charge in [-0.1, -0.05) is 41.4 Å². The van der Waals surface area contributed by atoms with Gasteiger partial charge in [-0.3, -0.25) is 4.79 Å². The number of rotatable bonds is 2. The molecule has 132 valence electrons. The van der Waals surface area contributed by atoms with E-state index in [0.29, 0.717) is 41.0 Å². The third-order valence-electron chi connectivity index (χ3n) is 4.23. The van der Waals surface area contributed by atoms with Crippen LogP contribution in [0.1, 0.15) is 15.9 Å². The summed E-state index contributed by atoms with van der Waals surface area (Å²) in [4.78, 5) is 14.7. The third-order valence-corrected chi connectivity index (χ3v) is 4.76. The SMILES string of the molecule is O=C(c1cnn(-c2ccc(Cl)cc2Cl)c1)N1CCOc2ccccc2C1. The Hall–Kier alpha value is -2.50. The first-order chi connectivity index (χ1) is 12.6. The number of carbonyl (C=O) groups excluding carboxylic acids is 1. The molecule has 0 unspecified atom stereocenters. The molecule has 1 aliphatic rings. The third kappa shape index (κ3) is 3.28. The summed E-state index contributed by atoms with van der Waals surface area (Å²) in [5.41, 5.74) is 2.15. The van der Waals surface area contributed by atoms with E-state index in [0.717, 1.165) is 11.3 Å². The van der Waals surface area contributed by atoms with Crippen molar-refractivity contribution in [3.63, 3.8) is 0 Å². The minimum atomic E-state index is -0.0957. The number of aromatic nitrogens is 2. The summed E-state index contributed by atoms with van der Waals surface area (Å²) >= 11 is 12.2. The van der Waals surface area contributed by atoms with Crippen molar-refractivity contribution in [1.82, 2.24) is 14.7 Å². The van der Waals surface area contributed by atoms with E-state index in [2.05, 4.69) is 5.10 Å². The lowest BCUT2D eigenvalue weighted by Gasteiger charge is -2.18. The van der Waals surface area contributed by atoms with Crippen LogP contribution in [0.4, 0.5) is 0 Å². The van der Waals surface area contributed by atoms with Crippen LogP contribution in [-0.2, 0) is 6.54 Å². The second kappa shape index (κ2) is 7.02. The van der Waals surface area contributed by atoms with Gasteiger partial charge in [-0.25, -0.2) is 4.68 Å². The molecule has 1 aromatic heterocycles. The molecule has 26 heavy (non-hydrogen) atoms. The van der Waals surface area contributed by atoms with Crippen molar-refractivity contribution in [3.8, 4) is 11.4 Å². The highest BCUT2D eigenvalue weighted by molar-refractivity contribution is 6.35. The van der Waals surface area contributed by atoms with Crippen LogP contribution in [0.15, 0.2) is 54.9 Å². The fourth-order valence-electron chi connectivity index (χ4n) is 2.91. The molecule has 0 saturated heterocycles. The molecule has 3 aromatic rings.